The Hall–Kier alpha value is -3.99. The van der Waals surface area contributed by atoms with Gasteiger partial charge >= 0.3 is 0 Å². The molecule has 0 spiro atoms. The van der Waals surface area contributed by atoms with E-state index in [0.717, 1.165) is 5.69 Å². The highest BCUT2D eigenvalue weighted by atomic mass is 16.5. The molecule has 1 atom stereocenters. The molecule has 11 heteroatoms. The number of nitrogens with zero attached hydrogens (tertiary/aromatic N) is 4. The number of hydrogen-bond acceptors (Lipinski definition) is 8. The minimum absolute atomic E-state index is 0.00620. The summed E-state index contributed by atoms with van der Waals surface area (Å²) in [5.74, 6) is 0.882. The third-order valence-corrected chi connectivity index (χ3v) is 5.93. The van der Waals surface area contributed by atoms with E-state index < -0.39 is 0 Å². The third kappa shape index (κ3) is 4.29. The number of fused-ring (bicyclic) bond motifs is 2. The van der Waals surface area contributed by atoms with Gasteiger partial charge < -0.3 is 25.0 Å². The first-order valence-corrected chi connectivity index (χ1v) is 11.0. The van der Waals surface area contributed by atoms with Crippen molar-refractivity contribution in [3.8, 4) is 11.6 Å². The Labute approximate surface area is 194 Å². The largest absolute Gasteiger partial charge is 0.482 e. The predicted molar refractivity (Wildman–Crippen MR) is 124 cm³/mol. The highest BCUT2D eigenvalue weighted by molar-refractivity contribution is 5.99. The second-order valence-corrected chi connectivity index (χ2v) is 8.24. The maximum absolute atomic E-state index is 12.6. The average molecular weight is 464 g/mol. The van der Waals surface area contributed by atoms with Crippen LogP contribution in [-0.2, 0) is 16.1 Å². The fourth-order valence-electron chi connectivity index (χ4n) is 4.25. The second-order valence-electron chi connectivity index (χ2n) is 8.24. The zero-order valence-electron chi connectivity index (χ0n) is 18.6. The average Bonchev–Trinajstić information content (AvgIpc) is 3.22. The van der Waals surface area contributed by atoms with Crippen LogP contribution in [0, 0.1) is 5.92 Å². The molecule has 5 rings (SSSR count). The molecule has 176 valence electrons. The van der Waals surface area contributed by atoms with Gasteiger partial charge in [0.2, 0.25) is 11.8 Å². The molecule has 1 fully saturated rings. The molecule has 2 aromatic heterocycles. The quantitative estimate of drug-likeness (QED) is 0.491. The monoisotopic (exact) mass is 464 g/mol. The van der Waals surface area contributed by atoms with Gasteiger partial charge in [-0.3, -0.25) is 19.0 Å². The van der Waals surface area contributed by atoms with Gasteiger partial charge in [-0.1, -0.05) is 0 Å². The number of ether oxygens (including phenoxy) is 2. The van der Waals surface area contributed by atoms with Crippen LogP contribution in [0.1, 0.15) is 6.42 Å². The van der Waals surface area contributed by atoms with Crippen LogP contribution in [0.3, 0.4) is 0 Å². The Bertz CT molecular complexity index is 1320. The fraction of sp³-hybridized carbons (Fsp3) is 0.348. The highest BCUT2D eigenvalue weighted by Crippen LogP contribution is 2.34. The standard InChI is InChI=1S/C23H24N6O5/c1-33-20-11-25-16-3-5-21(31)28(23(16)27-20)7-6-24-10-14-8-22(32)29(12-14)15-2-4-18-17(9-15)26-19(30)13-34-18/h2-5,9,11,14,24H,6-8,10,12-13H2,1H3,(H,26,30)/t14-/m1/s1. The van der Waals surface area contributed by atoms with Crippen LogP contribution in [0.5, 0.6) is 11.6 Å². The van der Waals surface area contributed by atoms with Gasteiger partial charge in [0.1, 0.15) is 11.3 Å². The van der Waals surface area contributed by atoms with E-state index in [9.17, 15) is 14.4 Å². The Balaban J connectivity index is 1.20. The van der Waals surface area contributed by atoms with Crippen LogP contribution in [-0.4, -0.2) is 59.7 Å². The molecule has 11 nitrogen and oxygen atoms in total. The number of rotatable bonds is 7. The van der Waals surface area contributed by atoms with E-state index in [4.69, 9.17) is 9.47 Å². The number of anilines is 2. The number of amides is 2. The van der Waals surface area contributed by atoms with Crippen molar-refractivity contribution in [3.05, 3.63) is 46.9 Å². The molecule has 2 amide bonds. The molecular weight excluding hydrogens is 440 g/mol. The molecular formula is C23H24N6O5. The molecule has 3 aromatic rings. The van der Waals surface area contributed by atoms with E-state index in [1.54, 1.807) is 27.7 Å². The maximum atomic E-state index is 12.6. The second kappa shape index (κ2) is 9.10. The SMILES string of the molecule is COc1cnc2ccc(=O)n(CCNC[C@H]3CC(=O)N(c4ccc5c(c4)NC(=O)CO5)C3)c2n1. The summed E-state index contributed by atoms with van der Waals surface area (Å²) < 4.78 is 12.1. The molecule has 34 heavy (non-hydrogen) atoms. The molecule has 2 aliphatic rings. The lowest BCUT2D eigenvalue weighted by atomic mass is 10.1. The molecule has 2 aliphatic heterocycles. The first-order valence-electron chi connectivity index (χ1n) is 11.0. The summed E-state index contributed by atoms with van der Waals surface area (Å²) in [6.45, 7) is 2.13. The van der Waals surface area contributed by atoms with Crippen molar-refractivity contribution in [2.24, 2.45) is 5.92 Å². The maximum Gasteiger partial charge on any atom is 0.262 e. The zero-order chi connectivity index (χ0) is 23.7. The number of nitrogens with one attached hydrogen (secondary N) is 2. The number of benzene rings is 1. The topological polar surface area (TPSA) is 128 Å². The zero-order valence-corrected chi connectivity index (χ0v) is 18.6. The Kier molecular flexibility index (Phi) is 5.84. The normalized spacial score (nSPS) is 17.4. The van der Waals surface area contributed by atoms with E-state index in [1.165, 1.54) is 19.4 Å². The molecule has 0 unspecified atom stereocenters. The molecule has 2 N–H and O–H groups in total. The summed E-state index contributed by atoms with van der Waals surface area (Å²) in [7, 11) is 1.50. The van der Waals surface area contributed by atoms with Crippen LogP contribution < -0.4 is 30.6 Å². The minimum atomic E-state index is -0.214. The third-order valence-electron chi connectivity index (χ3n) is 5.93. The lowest BCUT2D eigenvalue weighted by molar-refractivity contribution is -0.118. The Morgan fingerprint density at radius 2 is 2.12 bits per heavy atom. The van der Waals surface area contributed by atoms with Crippen molar-refractivity contribution in [3.63, 3.8) is 0 Å². The van der Waals surface area contributed by atoms with Gasteiger partial charge in [-0.25, -0.2) is 4.98 Å². The van der Waals surface area contributed by atoms with Crippen molar-refractivity contribution >= 4 is 34.4 Å². The summed E-state index contributed by atoms with van der Waals surface area (Å²) in [5, 5.41) is 6.12. The van der Waals surface area contributed by atoms with Crippen LogP contribution >= 0.6 is 0 Å². The molecule has 0 bridgehead atoms. The molecule has 1 aromatic carbocycles. The van der Waals surface area contributed by atoms with Gasteiger partial charge in [-0.05, 0) is 30.2 Å². The van der Waals surface area contributed by atoms with Crippen molar-refractivity contribution in [1.29, 1.82) is 0 Å². The fourth-order valence-corrected chi connectivity index (χ4v) is 4.25. The number of hydrogen-bond donors (Lipinski definition) is 2. The van der Waals surface area contributed by atoms with E-state index in [1.807, 2.05) is 6.07 Å². The number of methoxy groups -OCH3 is 1. The van der Waals surface area contributed by atoms with Gasteiger partial charge in [0, 0.05) is 44.4 Å². The minimum Gasteiger partial charge on any atom is -0.482 e. The van der Waals surface area contributed by atoms with Crippen LogP contribution in [0.15, 0.2) is 41.3 Å². The highest BCUT2D eigenvalue weighted by Gasteiger charge is 2.31. The van der Waals surface area contributed by atoms with Crippen molar-refractivity contribution in [2.75, 3.05) is 43.6 Å². The number of pyridine rings is 1. The smallest absolute Gasteiger partial charge is 0.262 e. The van der Waals surface area contributed by atoms with Crippen LogP contribution in [0.25, 0.3) is 11.2 Å². The van der Waals surface area contributed by atoms with Gasteiger partial charge in [0.05, 0.1) is 19.0 Å². The molecule has 0 saturated carbocycles. The van der Waals surface area contributed by atoms with Gasteiger partial charge in [-0.2, -0.15) is 4.98 Å². The first kappa shape index (κ1) is 21.8. The van der Waals surface area contributed by atoms with E-state index in [2.05, 4.69) is 20.6 Å². The van der Waals surface area contributed by atoms with Crippen molar-refractivity contribution in [2.45, 2.75) is 13.0 Å². The summed E-state index contributed by atoms with van der Waals surface area (Å²) >= 11 is 0. The van der Waals surface area contributed by atoms with Gasteiger partial charge in [0.25, 0.3) is 11.5 Å². The van der Waals surface area contributed by atoms with Crippen molar-refractivity contribution in [1.82, 2.24) is 19.9 Å². The molecule has 4 heterocycles. The summed E-state index contributed by atoms with van der Waals surface area (Å²) in [6, 6.07) is 8.48. The number of aromatic nitrogens is 3. The van der Waals surface area contributed by atoms with Crippen molar-refractivity contribution < 1.29 is 19.1 Å². The molecule has 0 aliphatic carbocycles. The summed E-state index contributed by atoms with van der Waals surface area (Å²) in [5.41, 5.74) is 2.22. The van der Waals surface area contributed by atoms with Crippen LogP contribution in [0.2, 0.25) is 0 Å². The summed E-state index contributed by atoms with van der Waals surface area (Å²) in [4.78, 5) is 47.0. The number of carbonyl (C=O) groups excluding carboxylic acids is 2. The predicted octanol–water partition coefficient (Wildman–Crippen LogP) is 0.774. The summed E-state index contributed by atoms with van der Waals surface area (Å²) in [6.07, 6.45) is 1.94. The van der Waals surface area contributed by atoms with Gasteiger partial charge in [0.15, 0.2) is 12.3 Å². The first-order chi connectivity index (χ1) is 16.5. The Morgan fingerprint density at radius 3 is 2.97 bits per heavy atom. The molecule has 0 radical (unpaired) electrons. The molecule has 1 saturated heterocycles. The van der Waals surface area contributed by atoms with E-state index in [-0.39, 0.29) is 29.9 Å². The van der Waals surface area contributed by atoms with Gasteiger partial charge in [-0.15, -0.1) is 0 Å². The van der Waals surface area contributed by atoms with E-state index >= 15 is 0 Å². The lowest BCUT2D eigenvalue weighted by Gasteiger charge is -2.22. The van der Waals surface area contributed by atoms with Crippen LogP contribution in [0.4, 0.5) is 11.4 Å². The lowest BCUT2D eigenvalue weighted by Crippen LogP contribution is -2.31. The number of carbonyl (C=O) groups is 2. The van der Waals surface area contributed by atoms with E-state index in [0.29, 0.717) is 61.1 Å². The Morgan fingerprint density at radius 1 is 1.24 bits per heavy atom.